The standard InChI is InChI=1S/C8H14O2/c1-8(2)4-3-7(9)10-6-5-8/h3-6H2,1-2H3. The SMILES string of the molecule is CC1(C)CCOC(=O)CC1. The minimum absolute atomic E-state index is 0.0365. The number of ether oxygens (including phenoxy) is 1. The molecule has 0 unspecified atom stereocenters. The van der Waals surface area contributed by atoms with Crippen LogP contribution in [0.15, 0.2) is 0 Å². The molecule has 1 fully saturated rings. The van der Waals surface area contributed by atoms with Crippen LogP contribution >= 0.6 is 0 Å². The third kappa shape index (κ3) is 2.01. The Morgan fingerprint density at radius 3 is 2.80 bits per heavy atom. The monoisotopic (exact) mass is 142 g/mol. The lowest BCUT2D eigenvalue weighted by atomic mass is 9.85. The minimum Gasteiger partial charge on any atom is -0.466 e. The predicted molar refractivity (Wildman–Crippen MR) is 38.6 cm³/mol. The summed E-state index contributed by atoms with van der Waals surface area (Å²) in [5.74, 6) is -0.0365. The zero-order valence-corrected chi connectivity index (χ0v) is 6.64. The molecular weight excluding hydrogens is 128 g/mol. The summed E-state index contributed by atoms with van der Waals surface area (Å²) in [6, 6.07) is 0. The fourth-order valence-electron chi connectivity index (χ4n) is 1.08. The fourth-order valence-corrected chi connectivity index (χ4v) is 1.08. The van der Waals surface area contributed by atoms with E-state index in [0.29, 0.717) is 18.4 Å². The topological polar surface area (TPSA) is 26.3 Å². The molecule has 2 heteroatoms. The summed E-state index contributed by atoms with van der Waals surface area (Å²) >= 11 is 0. The predicted octanol–water partition coefficient (Wildman–Crippen LogP) is 1.74. The van der Waals surface area contributed by atoms with Crippen molar-refractivity contribution in [3.05, 3.63) is 0 Å². The molecule has 0 aliphatic carbocycles. The first-order chi connectivity index (χ1) is 4.60. The van der Waals surface area contributed by atoms with Crippen molar-refractivity contribution in [3.63, 3.8) is 0 Å². The molecular formula is C8H14O2. The lowest BCUT2D eigenvalue weighted by Gasteiger charge is -2.19. The second-order valence-corrected chi connectivity index (χ2v) is 3.63. The highest BCUT2D eigenvalue weighted by Gasteiger charge is 2.23. The van der Waals surface area contributed by atoms with Crippen molar-refractivity contribution in [3.8, 4) is 0 Å². The number of carbonyl (C=O) groups excluding carboxylic acids is 1. The van der Waals surface area contributed by atoms with Crippen molar-refractivity contribution in [2.75, 3.05) is 6.61 Å². The van der Waals surface area contributed by atoms with Gasteiger partial charge in [0.25, 0.3) is 0 Å². The molecule has 0 aromatic carbocycles. The van der Waals surface area contributed by atoms with Crippen molar-refractivity contribution >= 4 is 5.97 Å². The van der Waals surface area contributed by atoms with Crippen LogP contribution in [0.3, 0.4) is 0 Å². The molecule has 0 saturated carbocycles. The molecule has 0 bridgehead atoms. The summed E-state index contributed by atoms with van der Waals surface area (Å²) < 4.78 is 4.90. The Morgan fingerprint density at radius 1 is 1.40 bits per heavy atom. The van der Waals surface area contributed by atoms with Crippen molar-refractivity contribution in [1.82, 2.24) is 0 Å². The molecule has 0 atom stereocenters. The second-order valence-electron chi connectivity index (χ2n) is 3.63. The molecule has 2 nitrogen and oxygen atoms in total. The first-order valence-electron chi connectivity index (χ1n) is 3.76. The molecule has 58 valence electrons. The summed E-state index contributed by atoms with van der Waals surface area (Å²) in [7, 11) is 0. The maximum Gasteiger partial charge on any atom is 0.305 e. The van der Waals surface area contributed by atoms with Crippen LogP contribution in [0, 0.1) is 5.41 Å². The summed E-state index contributed by atoms with van der Waals surface area (Å²) in [6.07, 6.45) is 2.55. The van der Waals surface area contributed by atoms with Gasteiger partial charge in [0.2, 0.25) is 0 Å². The average Bonchev–Trinajstić information content (AvgIpc) is 1.94. The van der Waals surface area contributed by atoms with E-state index in [2.05, 4.69) is 13.8 Å². The molecule has 1 aliphatic heterocycles. The zero-order chi connectivity index (χ0) is 7.61. The molecule has 0 amide bonds. The van der Waals surface area contributed by atoms with E-state index < -0.39 is 0 Å². The van der Waals surface area contributed by atoms with Crippen LogP contribution < -0.4 is 0 Å². The highest BCUT2D eigenvalue weighted by molar-refractivity contribution is 5.69. The van der Waals surface area contributed by atoms with E-state index >= 15 is 0 Å². The summed E-state index contributed by atoms with van der Waals surface area (Å²) in [5.41, 5.74) is 0.298. The van der Waals surface area contributed by atoms with E-state index in [1.54, 1.807) is 0 Å². The number of carbonyl (C=O) groups is 1. The molecule has 1 aliphatic rings. The number of esters is 1. The van der Waals surface area contributed by atoms with Crippen LogP contribution in [0.2, 0.25) is 0 Å². The molecule has 1 heterocycles. The normalized spacial score (nSPS) is 25.2. The molecule has 1 rings (SSSR count). The van der Waals surface area contributed by atoms with Gasteiger partial charge in [-0.3, -0.25) is 4.79 Å². The van der Waals surface area contributed by atoms with E-state index in [1.807, 2.05) is 0 Å². The van der Waals surface area contributed by atoms with Crippen molar-refractivity contribution in [2.24, 2.45) is 5.41 Å². The van der Waals surface area contributed by atoms with Crippen molar-refractivity contribution in [1.29, 1.82) is 0 Å². The van der Waals surface area contributed by atoms with Gasteiger partial charge in [0, 0.05) is 6.42 Å². The summed E-state index contributed by atoms with van der Waals surface area (Å²) in [4.78, 5) is 10.7. The van der Waals surface area contributed by atoms with Crippen LogP contribution in [0.25, 0.3) is 0 Å². The van der Waals surface area contributed by atoms with Crippen LogP contribution in [0.1, 0.15) is 33.1 Å². The molecule has 0 spiro atoms. The van der Waals surface area contributed by atoms with Crippen LogP contribution in [-0.4, -0.2) is 12.6 Å². The third-order valence-corrected chi connectivity index (χ3v) is 2.05. The van der Waals surface area contributed by atoms with Gasteiger partial charge in [-0.1, -0.05) is 13.8 Å². The summed E-state index contributed by atoms with van der Waals surface area (Å²) in [6.45, 7) is 4.95. The van der Waals surface area contributed by atoms with Gasteiger partial charge < -0.3 is 4.74 Å². The Hall–Kier alpha value is -0.530. The van der Waals surface area contributed by atoms with Crippen LogP contribution in [-0.2, 0) is 9.53 Å². The highest BCUT2D eigenvalue weighted by Crippen LogP contribution is 2.28. The second kappa shape index (κ2) is 2.60. The largest absolute Gasteiger partial charge is 0.466 e. The van der Waals surface area contributed by atoms with Crippen LogP contribution in [0.4, 0.5) is 0 Å². The molecule has 0 aromatic rings. The van der Waals surface area contributed by atoms with Gasteiger partial charge in [0.15, 0.2) is 0 Å². The fraction of sp³-hybridized carbons (Fsp3) is 0.875. The van der Waals surface area contributed by atoms with Crippen molar-refractivity contribution in [2.45, 2.75) is 33.1 Å². The molecule has 10 heavy (non-hydrogen) atoms. The smallest absolute Gasteiger partial charge is 0.305 e. The number of hydrogen-bond donors (Lipinski definition) is 0. The highest BCUT2D eigenvalue weighted by atomic mass is 16.5. The van der Waals surface area contributed by atoms with E-state index in [-0.39, 0.29) is 5.97 Å². The van der Waals surface area contributed by atoms with E-state index in [1.165, 1.54) is 0 Å². The maximum absolute atomic E-state index is 10.7. The van der Waals surface area contributed by atoms with E-state index in [4.69, 9.17) is 4.74 Å². The lowest BCUT2D eigenvalue weighted by molar-refractivity contribution is -0.142. The molecule has 1 saturated heterocycles. The summed E-state index contributed by atoms with van der Waals surface area (Å²) in [5, 5.41) is 0. The Bertz CT molecular complexity index is 138. The zero-order valence-electron chi connectivity index (χ0n) is 6.64. The molecule has 0 aromatic heterocycles. The Kier molecular flexibility index (Phi) is 1.97. The quantitative estimate of drug-likeness (QED) is 0.481. The van der Waals surface area contributed by atoms with Gasteiger partial charge >= 0.3 is 5.97 Å². The number of rotatable bonds is 0. The Morgan fingerprint density at radius 2 is 2.10 bits per heavy atom. The average molecular weight is 142 g/mol. The van der Waals surface area contributed by atoms with Crippen LogP contribution in [0.5, 0.6) is 0 Å². The minimum atomic E-state index is -0.0365. The first-order valence-corrected chi connectivity index (χ1v) is 3.76. The number of cyclic esters (lactones) is 1. The molecule has 0 N–H and O–H groups in total. The lowest BCUT2D eigenvalue weighted by Crippen LogP contribution is -2.10. The first kappa shape index (κ1) is 7.58. The van der Waals surface area contributed by atoms with Gasteiger partial charge in [-0.25, -0.2) is 0 Å². The van der Waals surface area contributed by atoms with Gasteiger partial charge in [-0.15, -0.1) is 0 Å². The molecule has 0 radical (unpaired) electrons. The van der Waals surface area contributed by atoms with Gasteiger partial charge in [0.1, 0.15) is 0 Å². The Labute approximate surface area is 61.6 Å². The van der Waals surface area contributed by atoms with Gasteiger partial charge in [-0.2, -0.15) is 0 Å². The maximum atomic E-state index is 10.7. The van der Waals surface area contributed by atoms with Gasteiger partial charge in [0.05, 0.1) is 6.61 Å². The Balaban J connectivity index is 2.48. The van der Waals surface area contributed by atoms with Gasteiger partial charge in [-0.05, 0) is 18.3 Å². The van der Waals surface area contributed by atoms with E-state index in [9.17, 15) is 4.79 Å². The third-order valence-electron chi connectivity index (χ3n) is 2.05. The number of hydrogen-bond acceptors (Lipinski definition) is 2. The van der Waals surface area contributed by atoms with E-state index in [0.717, 1.165) is 12.8 Å². The van der Waals surface area contributed by atoms with Crippen molar-refractivity contribution < 1.29 is 9.53 Å².